The monoisotopic (exact) mass is 249 g/mol. The van der Waals surface area contributed by atoms with Crippen molar-refractivity contribution in [2.75, 3.05) is 18.4 Å². The van der Waals surface area contributed by atoms with Crippen molar-refractivity contribution in [3.05, 3.63) is 0 Å². The second-order valence-electron chi connectivity index (χ2n) is 3.21. The molecule has 0 radical (unpaired) electrons. The summed E-state index contributed by atoms with van der Waals surface area (Å²) in [6, 6.07) is 0. The molecule has 0 aromatic carbocycles. The summed E-state index contributed by atoms with van der Waals surface area (Å²) in [6.07, 6.45) is 0.589. The molecule has 1 fully saturated rings. The van der Waals surface area contributed by atoms with Gasteiger partial charge in [0, 0.05) is 24.8 Å². The van der Waals surface area contributed by atoms with Crippen LogP contribution in [-0.2, 0) is 9.59 Å². The van der Waals surface area contributed by atoms with Crippen LogP contribution in [0.1, 0.15) is 12.8 Å². The topological polar surface area (TPSA) is 57.6 Å². The molecule has 0 aromatic heterocycles. The van der Waals surface area contributed by atoms with E-state index in [0.717, 1.165) is 5.33 Å². The Hall–Kier alpha value is -0.580. The van der Waals surface area contributed by atoms with Crippen LogP contribution >= 0.6 is 15.9 Å². The summed E-state index contributed by atoms with van der Waals surface area (Å²) in [6.45, 7) is 1.04. The first-order valence-corrected chi connectivity index (χ1v) is 5.31. The minimum Gasteiger partial charge on any atom is -0.481 e. The van der Waals surface area contributed by atoms with Crippen molar-refractivity contribution >= 4 is 27.8 Å². The summed E-state index contributed by atoms with van der Waals surface area (Å²) < 4.78 is 0. The van der Waals surface area contributed by atoms with Gasteiger partial charge < -0.3 is 10.0 Å². The number of rotatable bonds is 4. The maximum atomic E-state index is 11.3. The first kappa shape index (κ1) is 10.5. The maximum absolute atomic E-state index is 11.3. The minimum absolute atomic E-state index is 0.0424. The number of amides is 1. The average molecular weight is 250 g/mol. The Morgan fingerprint density at radius 3 is 2.85 bits per heavy atom. The van der Waals surface area contributed by atoms with E-state index in [1.807, 2.05) is 0 Å². The molecule has 5 heteroatoms. The Balaban J connectivity index is 2.35. The van der Waals surface area contributed by atoms with E-state index in [-0.39, 0.29) is 12.3 Å². The summed E-state index contributed by atoms with van der Waals surface area (Å²) in [5.74, 6) is -0.429. The zero-order valence-electron chi connectivity index (χ0n) is 7.20. The van der Waals surface area contributed by atoms with Crippen molar-refractivity contribution < 1.29 is 14.7 Å². The number of carbonyl (C=O) groups is 2. The summed E-state index contributed by atoms with van der Waals surface area (Å²) in [5.41, 5.74) is 0. The van der Waals surface area contributed by atoms with Crippen molar-refractivity contribution in [2.45, 2.75) is 12.8 Å². The third kappa shape index (κ3) is 2.99. The quantitative estimate of drug-likeness (QED) is 0.747. The summed E-state index contributed by atoms with van der Waals surface area (Å²) in [4.78, 5) is 23.2. The van der Waals surface area contributed by atoms with Crippen LogP contribution in [0.3, 0.4) is 0 Å². The fourth-order valence-electron chi connectivity index (χ4n) is 1.40. The average Bonchev–Trinajstić information content (AvgIpc) is 2.43. The zero-order chi connectivity index (χ0) is 9.84. The zero-order valence-corrected chi connectivity index (χ0v) is 8.79. The third-order valence-electron chi connectivity index (χ3n) is 2.11. The van der Waals surface area contributed by atoms with Gasteiger partial charge in [-0.1, -0.05) is 15.9 Å². The van der Waals surface area contributed by atoms with Gasteiger partial charge in [-0.05, 0) is 5.92 Å². The highest BCUT2D eigenvalue weighted by atomic mass is 79.9. The number of alkyl halides is 1. The van der Waals surface area contributed by atoms with Crippen molar-refractivity contribution in [3.8, 4) is 0 Å². The molecule has 4 nitrogen and oxygen atoms in total. The second-order valence-corrected chi connectivity index (χ2v) is 3.86. The molecule has 74 valence electrons. The van der Waals surface area contributed by atoms with E-state index in [9.17, 15) is 9.59 Å². The molecule has 1 amide bonds. The van der Waals surface area contributed by atoms with Gasteiger partial charge in [0.15, 0.2) is 0 Å². The number of nitrogens with zero attached hydrogens (tertiary/aromatic N) is 1. The molecular formula is C8H12BrNO3. The van der Waals surface area contributed by atoms with Gasteiger partial charge in [-0.25, -0.2) is 0 Å². The minimum atomic E-state index is -0.852. The van der Waals surface area contributed by atoms with E-state index in [1.165, 1.54) is 0 Å². The van der Waals surface area contributed by atoms with Crippen LogP contribution in [0.5, 0.6) is 0 Å². The molecule has 0 aliphatic carbocycles. The Kier molecular flexibility index (Phi) is 3.71. The first-order chi connectivity index (χ1) is 6.13. The molecule has 1 rings (SSSR count). The van der Waals surface area contributed by atoms with Crippen molar-refractivity contribution in [1.29, 1.82) is 0 Å². The van der Waals surface area contributed by atoms with E-state index in [2.05, 4.69) is 15.9 Å². The SMILES string of the molecule is O=C(O)CCN1CC(CBr)CC1=O. The van der Waals surface area contributed by atoms with Gasteiger partial charge >= 0.3 is 5.97 Å². The number of carboxylic acid groups (broad SMARTS) is 1. The van der Waals surface area contributed by atoms with Gasteiger partial charge in [0.05, 0.1) is 6.42 Å². The van der Waals surface area contributed by atoms with E-state index in [4.69, 9.17) is 5.11 Å². The molecule has 0 bridgehead atoms. The number of hydrogen-bond donors (Lipinski definition) is 1. The lowest BCUT2D eigenvalue weighted by Gasteiger charge is -2.14. The summed E-state index contributed by atoms with van der Waals surface area (Å²) in [7, 11) is 0. The fraction of sp³-hybridized carbons (Fsp3) is 0.750. The van der Waals surface area contributed by atoms with Crippen LogP contribution in [0.2, 0.25) is 0 Å². The lowest BCUT2D eigenvalue weighted by molar-refractivity contribution is -0.137. The number of aliphatic carboxylic acids is 1. The van der Waals surface area contributed by atoms with Gasteiger partial charge in [0.2, 0.25) is 5.91 Å². The highest BCUT2D eigenvalue weighted by Gasteiger charge is 2.28. The number of carbonyl (C=O) groups excluding carboxylic acids is 1. The van der Waals surface area contributed by atoms with Crippen molar-refractivity contribution in [2.24, 2.45) is 5.92 Å². The highest BCUT2D eigenvalue weighted by Crippen LogP contribution is 2.19. The molecule has 13 heavy (non-hydrogen) atoms. The number of likely N-dealkylation sites (tertiary alicyclic amines) is 1. The van der Waals surface area contributed by atoms with Crippen molar-refractivity contribution in [1.82, 2.24) is 4.90 Å². The molecule has 1 aliphatic heterocycles. The molecule has 1 atom stereocenters. The Morgan fingerprint density at radius 1 is 1.69 bits per heavy atom. The smallest absolute Gasteiger partial charge is 0.305 e. The normalized spacial score (nSPS) is 22.4. The standard InChI is InChI=1S/C8H12BrNO3/c9-4-6-3-7(11)10(5-6)2-1-8(12)13/h6H,1-5H2,(H,12,13). The van der Waals surface area contributed by atoms with Crippen LogP contribution < -0.4 is 0 Å². The van der Waals surface area contributed by atoms with E-state index in [0.29, 0.717) is 25.4 Å². The molecule has 1 saturated heterocycles. The number of halogens is 1. The van der Waals surface area contributed by atoms with Crippen LogP contribution in [-0.4, -0.2) is 40.3 Å². The Morgan fingerprint density at radius 2 is 2.38 bits per heavy atom. The molecule has 1 unspecified atom stereocenters. The maximum Gasteiger partial charge on any atom is 0.305 e. The molecule has 0 spiro atoms. The van der Waals surface area contributed by atoms with Crippen LogP contribution in [0.4, 0.5) is 0 Å². The van der Waals surface area contributed by atoms with Crippen molar-refractivity contribution in [3.63, 3.8) is 0 Å². The molecule has 1 heterocycles. The first-order valence-electron chi connectivity index (χ1n) is 4.19. The van der Waals surface area contributed by atoms with Gasteiger partial charge in [-0.2, -0.15) is 0 Å². The molecular weight excluding hydrogens is 238 g/mol. The molecule has 0 saturated carbocycles. The van der Waals surface area contributed by atoms with Gasteiger partial charge in [-0.15, -0.1) is 0 Å². The lowest BCUT2D eigenvalue weighted by atomic mass is 10.2. The molecule has 0 aromatic rings. The number of hydrogen-bond acceptors (Lipinski definition) is 2. The van der Waals surface area contributed by atoms with E-state index in [1.54, 1.807) is 4.90 Å². The van der Waals surface area contributed by atoms with Crippen LogP contribution in [0, 0.1) is 5.92 Å². The summed E-state index contributed by atoms with van der Waals surface area (Å²) >= 11 is 3.32. The number of carboxylic acids is 1. The molecule has 1 N–H and O–H groups in total. The summed E-state index contributed by atoms with van der Waals surface area (Å²) in [5, 5.41) is 9.24. The van der Waals surface area contributed by atoms with Gasteiger partial charge in [0.25, 0.3) is 0 Å². The predicted molar refractivity (Wildman–Crippen MR) is 50.7 cm³/mol. The third-order valence-corrected chi connectivity index (χ3v) is 3.02. The Bertz CT molecular complexity index is 219. The Labute approximate surface area is 85.0 Å². The fourth-order valence-corrected chi connectivity index (χ4v) is 1.84. The predicted octanol–water partition coefficient (Wildman–Crippen LogP) is 0.704. The van der Waals surface area contributed by atoms with Crippen LogP contribution in [0.15, 0.2) is 0 Å². The van der Waals surface area contributed by atoms with Gasteiger partial charge in [-0.3, -0.25) is 9.59 Å². The lowest BCUT2D eigenvalue weighted by Crippen LogP contribution is -2.27. The largest absolute Gasteiger partial charge is 0.481 e. The van der Waals surface area contributed by atoms with Crippen LogP contribution in [0.25, 0.3) is 0 Å². The van der Waals surface area contributed by atoms with E-state index < -0.39 is 5.97 Å². The van der Waals surface area contributed by atoms with E-state index >= 15 is 0 Å². The highest BCUT2D eigenvalue weighted by molar-refractivity contribution is 9.09. The van der Waals surface area contributed by atoms with Gasteiger partial charge in [0.1, 0.15) is 0 Å². The second kappa shape index (κ2) is 4.60. The molecule has 1 aliphatic rings.